The van der Waals surface area contributed by atoms with Gasteiger partial charge in [-0.05, 0) is 5.56 Å². The lowest BCUT2D eigenvalue weighted by Gasteiger charge is -2.16. The summed E-state index contributed by atoms with van der Waals surface area (Å²) in [5.41, 5.74) is -0.237. The third-order valence-corrected chi connectivity index (χ3v) is 2.11. The molecule has 0 saturated heterocycles. The molecular formula is C9H7F5N2O2. The molecule has 4 nitrogen and oxygen atoms in total. The monoisotopic (exact) mass is 270 g/mol. The van der Waals surface area contributed by atoms with Gasteiger partial charge in [0.1, 0.15) is 5.69 Å². The minimum Gasteiger partial charge on any atom is -0.478 e. The number of carboxylic acid groups (broad SMARTS) is 1. The van der Waals surface area contributed by atoms with Crippen LogP contribution in [0.1, 0.15) is 33.6 Å². The molecular weight excluding hydrogens is 263 g/mol. The molecule has 0 radical (unpaired) electrons. The van der Waals surface area contributed by atoms with Gasteiger partial charge in [0.15, 0.2) is 0 Å². The van der Waals surface area contributed by atoms with Gasteiger partial charge in [0, 0.05) is 12.7 Å². The van der Waals surface area contributed by atoms with E-state index >= 15 is 0 Å². The molecule has 0 aliphatic heterocycles. The van der Waals surface area contributed by atoms with Crippen LogP contribution >= 0.6 is 0 Å². The molecule has 3 N–H and O–H groups in total. The molecule has 18 heavy (non-hydrogen) atoms. The maximum absolute atomic E-state index is 12.7. The number of rotatable bonds is 3. The number of hydrogen-bond donors (Lipinski definition) is 2. The first-order valence-electron chi connectivity index (χ1n) is 4.50. The lowest BCUT2D eigenvalue weighted by Crippen LogP contribution is -2.21. The highest BCUT2D eigenvalue weighted by Crippen LogP contribution is 2.38. The summed E-state index contributed by atoms with van der Waals surface area (Å²) in [6.07, 6.45) is -8.18. The van der Waals surface area contributed by atoms with Gasteiger partial charge in [0.25, 0.3) is 6.43 Å². The minimum absolute atomic E-state index is 0.459. The molecule has 0 atom stereocenters. The number of nitrogens with zero attached hydrogens (tertiary/aromatic N) is 1. The quantitative estimate of drug-likeness (QED) is 0.825. The molecule has 1 heterocycles. The zero-order chi connectivity index (χ0) is 14.1. The number of nitrogens with two attached hydrogens (primary N) is 1. The van der Waals surface area contributed by atoms with Crippen molar-refractivity contribution in [3.8, 4) is 0 Å². The number of hydrogen-bond acceptors (Lipinski definition) is 3. The Hall–Kier alpha value is -1.77. The van der Waals surface area contributed by atoms with Crippen molar-refractivity contribution in [3.63, 3.8) is 0 Å². The van der Waals surface area contributed by atoms with E-state index in [0.717, 1.165) is 0 Å². The fourth-order valence-corrected chi connectivity index (χ4v) is 1.42. The molecule has 0 aliphatic rings. The fraction of sp³-hybridized carbons (Fsp3) is 0.333. The van der Waals surface area contributed by atoms with Crippen LogP contribution in [0.15, 0.2) is 6.20 Å². The molecule has 0 amide bonds. The van der Waals surface area contributed by atoms with E-state index < -0.39 is 47.5 Å². The van der Waals surface area contributed by atoms with Crippen LogP contribution in [0.5, 0.6) is 0 Å². The van der Waals surface area contributed by atoms with Crippen LogP contribution < -0.4 is 5.73 Å². The number of halogens is 5. The Kier molecular flexibility index (Phi) is 3.85. The van der Waals surface area contributed by atoms with Crippen LogP contribution in [0.4, 0.5) is 22.0 Å². The second-order valence-electron chi connectivity index (χ2n) is 3.23. The third kappa shape index (κ3) is 2.55. The average molecular weight is 270 g/mol. The molecule has 1 aromatic heterocycles. The summed E-state index contributed by atoms with van der Waals surface area (Å²) in [4.78, 5) is 13.7. The average Bonchev–Trinajstić information content (AvgIpc) is 2.25. The van der Waals surface area contributed by atoms with Gasteiger partial charge in [-0.25, -0.2) is 13.6 Å². The smallest absolute Gasteiger partial charge is 0.419 e. The SMILES string of the molecule is NCc1cnc(C(F)F)c(C(F)(F)F)c1C(=O)O. The zero-order valence-corrected chi connectivity index (χ0v) is 8.63. The molecule has 0 unspecified atom stereocenters. The first-order valence-corrected chi connectivity index (χ1v) is 4.50. The summed E-state index contributed by atoms with van der Waals surface area (Å²) in [5.74, 6) is -1.98. The summed E-state index contributed by atoms with van der Waals surface area (Å²) in [6, 6.07) is 0. The molecule has 9 heteroatoms. The molecule has 0 bridgehead atoms. The van der Waals surface area contributed by atoms with Crippen LogP contribution in [0.2, 0.25) is 0 Å². The Balaban J connectivity index is 3.71. The second-order valence-corrected chi connectivity index (χ2v) is 3.23. The highest BCUT2D eigenvalue weighted by atomic mass is 19.4. The molecule has 100 valence electrons. The predicted octanol–water partition coefficient (Wildman–Crippen LogP) is 2.19. The van der Waals surface area contributed by atoms with E-state index in [1.54, 1.807) is 0 Å². The maximum atomic E-state index is 12.7. The normalized spacial score (nSPS) is 11.9. The Morgan fingerprint density at radius 3 is 2.33 bits per heavy atom. The highest BCUT2D eigenvalue weighted by molar-refractivity contribution is 5.91. The van der Waals surface area contributed by atoms with Gasteiger partial charge in [-0.3, -0.25) is 4.98 Å². The van der Waals surface area contributed by atoms with E-state index in [2.05, 4.69) is 4.98 Å². The lowest BCUT2D eigenvalue weighted by molar-refractivity contribution is -0.140. The summed E-state index contributed by atoms with van der Waals surface area (Å²) in [7, 11) is 0. The maximum Gasteiger partial charge on any atom is 0.419 e. The zero-order valence-electron chi connectivity index (χ0n) is 8.63. The lowest BCUT2D eigenvalue weighted by atomic mass is 10.0. The van der Waals surface area contributed by atoms with Gasteiger partial charge in [0.2, 0.25) is 0 Å². The summed E-state index contributed by atoms with van der Waals surface area (Å²) in [6.45, 7) is -0.554. The van der Waals surface area contributed by atoms with E-state index in [9.17, 15) is 26.7 Å². The summed E-state index contributed by atoms with van der Waals surface area (Å²) >= 11 is 0. The molecule has 0 spiro atoms. The van der Waals surface area contributed by atoms with Crippen LogP contribution in [0, 0.1) is 0 Å². The first-order chi connectivity index (χ1) is 8.20. The predicted molar refractivity (Wildman–Crippen MR) is 49.0 cm³/mol. The van der Waals surface area contributed by atoms with E-state index in [-0.39, 0.29) is 0 Å². The van der Waals surface area contributed by atoms with E-state index in [0.29, 0.717) is 6.20 Å². The van der Waals surface area contributed by atoms with Crippen molar-refractivity contribution in [1.82, 2.24) is 4.98 Å². The Morgan fingerprint density at radius 1 is 1.44 bits per heavy atom. The fourth-order valence-electron chi connectivity index (χ4n) is 1.42. The number of carbonyl (C=O) groups is 1. The topological polar surface area (TPSA) is 76.2 Å². The third-order valence-electron chi connectivity index (χ3n) is 2.11. The summed E-state index contributed by atoms with van der Waals surface area (Å²) in [5, 5.41) is 8.72. The number of pyridine rings is 1. The number of alkyl halides is 5. The first kappa shape index (κ1) is 14.3. The molecule has 0 aliphatic carbocycles. The van der Waals surface area contributed by atoms with Crippen molar-refractivity contribution in [2.45, 2.75) is 19.1 Å². The van der Waals surface area contributed by atoms with Crippen molar-refractivity contribution in [2.24, 2.45) is 5.73 Å². The standard InChI is InChI=1S/C9H7F5N2O2/c10-7(11)6-5(9(12,13)14)4(8(17)18)3(1-15)2-16-6/h2,7H,1,15H2,(H,17,18). The van der Waals surface area contributed by atoms with E-state index in [1.807, 2.05) is 0 Å². The van der Waals surface area contributed by atoms with Crippen LogP contribution in [0.3, 0.4) is 0 Å². The largest absolute Gasteiger partial charge is 0.478 e. The Bertz CT molecular complexity index is 473. The van der Waals surface area contributed by atoms with Gasteiger partial charge in [-0.2, -0.15) is 13.2 Å². The van der Waals surface area contributed by atoms with Crippen LogP contribution in [0.25, 0.3) is 0 Å². The van der Waals surface area contributed by atoms with Crippen molar-refractivity contribution >= 4 is 5.97 Å². The molecule has 1 rings (SSSR count). The number of aromatic nitrogens is 1. The van der Waals surface area contributed by atoms with Gasteiger partial charge >= 0.3 is 12.1 Å². The van der Waals surface area contributed by atoms with E-state index in [1.165, 1.54) is 0 Å². The minimum atomic E-state index is -5.25. The Labute approximate surface area is 97.2 Å². The van der Waals surface area contributed by atoms with Gasteiger partial charge < -0.3 is 10.8 Å². The Morgan fingerprint density at radius 2 is 2.00 bits per heavy atom. The van der Waals surface area contributed by atoms with Gasteiger partial charge in [-0.15, -0.1) is 0 Å². The van der Waals surface area contributed by atoms with Crippen molar-refractivity contribution in [1.29, 1.82) is 0 Å². The number of aromatic carboxylic acids is 1. The molecule has 0 aromatic carbocycles. The van der Waals surface area contributed by atoms with Gasteiger partial charge in [-0.1, -0.05) is 0 Å². The van der Waals surface area contributed by atoms with Gasteiger partial charge in [0.05, 0.1) is 11.1 Å². The van der Waals surface area contributed by atoms with Crippen LogP contribution in [-0.2, 0) is 12.7 Å². The second kappa shape index (κ2) is 4.84. The molecule has 1 aromatic rings. The van der Waals surface area contributed by atoms with Crippen molar-refractivity contribution in [2.75, 3.05) is 0 Å². The van der Waals surface area contributed by atoms with Crippen molar-refractivity contribution in [3.05, 3.63) is 28.6 Å². The van der Waals surface area contributed by atoms with E-state index in [4.69, 9.17) is 10.8 Å². The molecule has 0 saturated carbocycles. The van der Waals surface area contributed by atoms with Crippen molar-refractivity contribution < 1.29 is 31.9 Å². The number of carboxylic acids is 1. The summed E-state index contributed by atoms with van der Waals surface area (Å²) < 4.78 is 62.9. The van der Waals surface area contributed by atoms with Crippen LogP contribution in [-0.4, -0.2) is 16.1 Å². The molecule has 0 fully saturated rings. The highest BCUT2D eigenvalue weighted by Gasteiger charge is 2.42.